The SMILES string of the molecule is CC(Cc1ccc(Br)cc1)Nc1ccc(F)cc1F. The molecule has 1 unspecified atom stereocenters. The molecular formula is C15H14BrF2N. The van der Waals surface area contributed by atoms with Crippen LogP contribution in [-0.4, -0.2) is 6.04 Å². The molecule has 1 nitrogen and oxygen atoms in total. The molecule has 0 fully saturated rings. The van der Waals surface area contributed by atoms with Crippen molar-refractivity contribution in [3.8, 4) is 0 Å². The Bertz CT molecular complexity index is 555. The molecule has 2 rings (SSSR count). The van der Waals surface area contributed by atoms with Crippen LogP contribution in [0.15, 0.2) is 46.9 Å². The van der Waals surface area contributed by atoms with E-state index in [0.717, 1.165) is 22.5 Å². The minimum atomic E-state index is -0.567. The average Bonchev–Trinajstić information content (AvgIpc) is 2.36. The molecule has 0 bridgehead atoms. The quantitative estimate of drug-likeness (QED) is 0.853. The predicted molar refractivity (Wildman–Crippen MR) is 77.3 cm³/mol. The first-order chi connectivity index (χ1) is 9.04. The molecule has 1 N–H and O–H groups in total. The van der Waals surface area contributed by atoms with Gasteiger partial charge in [-0.15, -0.1) is 0 Å². The van der Waals surface area contributed by atoms with Gasteiger partial charge in [0.1, 0.15) is 11.6 Å². The van der Waals surface area contributed by atoms with E-state index in [-0.39, 0.29) is 6.04 Å². The number of halogens is 3. The lowest BCUT2D eigenvalue weighted by Gasteiger charge is -2.16. The van der Waals surface area contributed by atoms with Gasteiger partial charge in [0.25, 0.3) is 0 Å². The van der Waals surface area contributed by atoms with Crippen LogP contribution >= 0.6 is 15.9 Å². The molecule has 0 heterocycles. The van der Waals surface area contributed by atoms with Crippen molar-refractivity contribution in [1.29, 1.82) is 0 Å². The minimum absolute atomic E-state index is 0.0566. The molecule has 1 atom stereocenters. The largest absolute Gasteiger partial charge is 0.380 e. The van der Waals surface area contributed by atoms with E-state index in [1.807, 2.05) is 31.2 Å². The molecule has 2 aromatic carbocycles. The van der Waals surface area contributed by atoms with E-state index in [4.69, 9.17) is 0 Å². The zero-order chi connectivity index (χ0) is 13.8. The summed E-state index contributed by atoms with van der Waals surface area (Å²) in [6.45, 7) is 1.96. The van der Waals surface area contributed by atoms with E-state index < -0.39 is 11.6 Å². The van der Waals surface area contributed by atoms with Gasteiger partial charge in [0.2, 0.25) is 0 Å². The molecule has 0 aliphatic heterocycles. The van der Waals surface area contributed by atoms with Crippen LogP contribution in [0.1, 0.15) is 12.5 Å². The maximum absolute atomic E-state index is 13.5. The number of nitrogens with one attached hydrogen (secondary N) is 1. The summed E-state index contributed by atoms with van der Waals surface area (Å²) in [5, 5.41) is 3.05. The highest BCUT2D eigenvalue weighted by molar-refractivity contribution is 9.10. The molecule has 4 heteroatoms. The number of rotatable bonds is 4. The summed E-state index contributed by atoms with van der Waals surface area (Å²) in [5.74, 6) is -1.13. The van der Waals surface area contributed by atoms with Crippen molar-refractivity contribution in [2.24, 2.45) is 0 Å². The molecular weight excluding hydrogens is 312 g/mol. The van der Waals surface area contributed by atoms with Crippen LogP contribution in [0.25, 0.3) is 0 Å². The van der Waals surface area contributed by atoms with Gasteiger partial charge in [0.05, 0.1) is 5.69 Å². The third-order valence-corrected chi connectivity index (χ3v) is 3.32. The zero-order valence-electron chi connectivity index (χ0n) is 10.5. The van der Waals surface area contributed by atoms with E-state index in [0.29, 0.717) is 5.69 Å². The van der Waals surface area contributed by atoms with E-state index in [1.165, 1.54) is 12.1 Å². The van der Waals surface area contributed by atoms with Crippen molar-refractivity contribution >= 4 is 21.6 Å². The van der Waals surface area contributed by atoms with E-state index in [2.05, 4.69) is 21.2 Å². The van der Waals surface area contributed by atoms with Gasteiger partial charge in [-0.25, -0.2) is 8.78 Å². The summed E-state index contributed by atoms with van der Waals surface area (Å²) >= 11 is 3.38. The van der Waals surface area contributed by atoms with Crippen molar-refractivity contribution in [1.82, 2.24) is 0 Å². The van der Waals surface area contributed by atoms with Crippen LogP contribution in [0.4, 0.5) is 14.5 Å². The summed E-state index contributed by atoms with van der Waals surface area (Å²) in [6.07, 6.45) is 0.768. The van der Waals surface area contributed by atoms with Gasteiger partial charge in [-0.2, -0.15) is 0 Å². The third-order valence-electron chi connectivity index (χ3n) is 2.79. The third kappa shape index (κ3) is 4.03. The lowest BCUT2D eigenvalue weighted by Crippen LogP contribution is -2.18. The molecule has 0 aliphatic rings. The van der Waals surface area contributed by atoms with Gasteiger partial charge in [0, 0.05) is 16.6 Å². The highest BCUT2D eigenvalue weighted by atomic mass is 79.9. The second-order valence-electron chi connectivity index (χ2n) is 4.50. The fraction of sp³-hybridized carbons (Fsp3) is 0.200. The fourth-order valence-electron chi connectivity index (χ4n) is 1.90. The normalized spacial score (nSPS) is 12.2. The summed E-state index contributed by atoms with van der Waals surface area (Å²) in [5.41, 5.74) is 1.48. The number of benzene rings is 2. The van der Waals surface area contributed by atoms with Gasteiger partial charge in [-0.05, 0) is 43.2 Å². The average molecular weight is 326 g/mol. The van der Waals surface area contributed by atoms with Crippen molar-refractivity contribution in [2.75, 3.05) is 5.32 Å². The van der Waals surface area contributed by atoms with Crippen molar-refractivity contribution in [3.05, 3.63) is 64.1 Å². The van der Waals surface area contributed by atoms with Gasteiger partial charge < -0.3 is 5.32 Å². The Kier molecular flexibility index (Phi) is 4.53. The smallest absolute Gasteiger partial charge is 0.149 e. The van der Waals surface area contributed by atoms with Gasteiger partial charge in [-0.3, -0.25) is 0 Å². The highest BCUT2D eigenvalue weighted by Gasteiger charge is 2.08. The Morgan fingerprint density at radius 1 is 1.11 bits per heavy atom. The molecule has 0 amide bonds. The number of hydrogen-bond donors (Lipinski definition) is 1. The summed E-state index contributed by atoms with van der Waals surface area (Å²) in [4.78, 5) is 0. The van der Waals surface area contributed by atoms with Crippen LogP contribution in [0.5, 0.6) is 0 Å². The second kappa shape index (κ2) is 6.15. The molecule has 0 spiro atoms. The maximum Gasteiger partial charge on any atom is 0.149 e. The molecule has 0 radical (unpaired) electrons. The number of hydrogen-bond acceptors (Lipinski definition) is 1. The first-order valence-corrected chi connectivity index (χ1v) is 6.80. The monoisotopic (exact) mass is 325 g/mol. The van der Waals surface area contributed by atoms with Crippen LogP contribution in [-0.2, 0) is 6.42 Å². The first kappa shape index (κ1) is 14.0. The standard InChI is InChI=1S/C15H14BrF2N/c1-10(8-11-2-4-12(16)5-3-11)19-15-7-6-13(17)9-14(15)18/h2-7,9-10,19H,8H2,1H3. The topological polar surface area (TPSA) is 12.0 Å². The molecule has 0 aliphatic carbocycles. The molecule has 0 aromatic heterocycles. The first-order valence-electron chi connectivity index (χ1n) is 6.00. The van der Waals surface area contributed by atoms with Crippen molar-refractivity contribution in [2.45, 2.75) is 19.4 Å². The van der Waals surface area contributed by atoms with Crippen LogP contribution in [0.3, 0.4) is 0 Å². The maximum atomic E-state index is 13.5. The lowest BCUT2D eigenvalue weighted by molar-refractivity contribution is 0.583. The molecule has 0 saturated carbocycles. The molecule has 0 saturated heterocycles. The van der Waals surface area contributed by atoms with E-state index in [1.54, 1.807) is 0 Å². The lowest BCUT2D eigenvalue weighted by atomic mass is 10.1. The Hall–Kier alpha value is -1.42. The van der Waals surface area contributed by atoms with Crippen LogP contribution < -0.4 is 5.32 Å². The Morgan fingerprint density at radius 3 is 2.42 bits per heavy atom. The Balaban J connectivity index is 2.01. The van der Waals surface area contributed by atoms with E-state index >= 15 is 0 Å². The second-order valence-corrected chi connectivity index (χ2v) is 5.42. The summed E-state index contributed by atoms with van der Waals surface area (Å²) in [6, 6.07) is 11.6. The Morgan fingerprint density at radius 2 is 1.79 bits per heavy atom. The summed E-state index contributed by atoms with van der Waals surface area (Å²) in [7, 11) is 0. The molecule has 100 valence electrons. The predicted octanol–water partition coefficient (Wildman–Crippen LogP) is 4.77. The van der Waals surface area contributed by atoms with Gasteiger partial charge >= 0.3 is 0 Å². The highest BCUT2D eigenvalue weighted by Crippen LogP contribution is 2.18. The van der Waals surface area contributed by atoms with Gasteiger partial charge in [-0.1, -0.05) is 28.1 Å². The molecule has 19 heavy (non-hydrogen) atoms. The minimum Gasteiger partial charge on any atom is -0.380 e. The van der Waals surface area contributed by atoms with Gasteiger partial charge in [0.15, 0.2) is 0 Å². The van der Waals surface area contributed by atoms with Crippen molar-refractivity contribution < 1.29 is 8.78 Å². The zero-order valence-corrected chi connectivity index (χ0v) is 12.0. The van der Waals surface area contributed by atoms with Crippen molar-refractivity contribution in [3.63, 3.8) is 0 Å². The van der Waals surface area contributed by atoms with E-state index in [9.17, 15) is 8.78 Å². The molecule has 2 aromatic rings. The number of anilines is 1. The van der Waals surface area contributed by atoms with Crippen LogP contribution in [0.2, 0.25) is 0 Å². The summed E-state index contributed by atoms with van der Waals surface area (Å²) < 4.78 is 27.3. The fourth-order valence-corrected chi connectivity index (χ4v) is 2.16. The Labute approximate surface area is 119 Å². The van der Waals surface area contributed by atoms with Crippen LogP contribution in [0, 0.1) is 11.6 Å².